The molecule has 0 aliphatic heterocycles. The molecule has 0 aromatic heterocycles. The number of rotatable bonds is 8. The molecule has 2 N–H and O–H groups in total. The van der Waals surface area contributed by atoms with Crippen molar-refractivity contribution in [2.75, 3.05) is 28.4 Å². The number of ether oxygens (including phenoxy) is 4. The van der Waals surface area contributed by atoms with Crippen molar-refractivity contribution in [3.63, 3.8) is 0 Å². The number of methoxy groups -OCH3 is 4. The van der Waals surface area contributed by atoms with Crippen molar-refractivity contribution in [2.24, 2.45) is 5.92 Å². The Morgan fingerprint density at radius 2 is 1.52 bits per heavy atom. The van der Waals surface area contributed by atoms with Crippen LogP contribution in [0.1, 0.15) is 49.0 Å². The fourth-order valence-corrected chi connectivity index (χ4v) is 4.11. The molecule has 2 atom stereocenters. The van der Waals surface area contributed by atoms with Crippen LogP contribution in [0.15, 0.2) is 30.3 Å². The van der Waals surface area contributed by atoms with E-state index in [1.807, 2.05) is 30.3 Å². The number of hydrogen-bond donors (Lipinski definition) is 2. The van der Waals surface area contributed by atoms with Crippen LogP contribution < -0.4 is 29.6 Å². The van der Waals surface area contributed by atoms with E-state index in [1.54, 1.807) is 28.4 Å². The summed E-state index contributed by atoms with van der Waals surface area (Å²) in [7, 11) is 6.45. The van der Waals surface area contributed by atoms with Crippen molar-refractivity contribution < 1.29 is 23.7 Å². The summed E-state index contributed by atoms with van der Waals surface area (Å²) in [6.45, 7) is 4.15. The fourth-order valence-electron chi connectivity index (χ4n) is 4.11. The minimum atomic E-state index is -0.207. The number of urea groups is 1. The molecule has 168 valence electrons. The Bertz CT molecular complexity index is 928. The summed E-state index contributed by atoms with van der Waals surface area (Å²) < 4.78 is 21.6. The highest BCUT2D eigenvalue weighted by molar-refractivity contribution is 5.75. The lowest BCUT2D eigenvalue weighted by molar-refractivity contribution is 0.229. The van der Waals surface area contributed by atoms with E-state index >= 15 is 0 Å². The van der Waals surface area contributed by atoms with Gasteiger partial charge in [-0.2, -0.15) is 0 Å². The first-order valence-electron chi connectivity index (χ1n) is 10.5. The molecule has 1 aliphatic rings. The highest BCUT2D eigenvalue weighted by Crippen LogP contribution is 2.39. The topological polar surface area (TPSA) is 78.1 Å². The summed E-state index contributed by atoms with van der Waals surface area (Å²) in [5, 5.41) is 6.26. The predicted molar refractivity (Wildman–Crippen MR) is 119 cm³/mol. The van der Waals surface area contributed by atoms with Gasteiger partial charge >= 0.3 is 6.03 Å². The van der Waals surface area contributed by atoms with Crippen LogP contribution in [0.5, 0.6) is 23.0 Å². The van der Waals surface area contributed by atoms with Crippen LogP contribution in [0.4, 0.5) is 4.79 Å². The minimum absolute atomic E-state index is 0.0759. The monoisotopic (exact) mass is 428 g/mol. The Labute approximate surface area is 184 Å². The van der Waals surface area contributed by atoms with Crippen LogP contribution in [0.2, 0.25) is 0 Å². The number of carbonyl (C=O) groups excluding carboxylic acids is 1. The Morgan fingerprint density at radius 1 is 0.903 bits per heavy atom. The van der Waals surface area contributed by atoms with Gasteiger partial charge < -0.3 is 29.6 Å². The molecule has 0 fully saturated rings. The average Bonchev–Trinajstić information content (AvgIpc) is 3.16. The van der Waals surface area contributed by atoms with Crippen molar-refractivity contribution in [3.05, 3.63) is 47.0 Å². The second kappa shape index (κ2) is 9.81. The summed E-state index contributed by atoms with van der Waals surface area (Å²) in [4.78, 5) is 12.9. The van der Waals surface area contributed by atoms with Crippen molar-refractivity contribution in [1.82, 2.24) is 10.6 Å². The summed E-state index contributed by atoms with van der Waals surface area (Å²) >= 11 is 0. The van der Waals surface area contributed by atoms with Crippen LogP contribution in [-0.2, 0) is 6.42 Å². The number of amides is 2. The molecular formula is C24H32N2O5. The second-order valence-electron chi connectivity index (χ2n) is 7.95. The van der Waals surface area contributed by atoms with Crippen molar-refractivity contribution in [2.45, 2.75) is 38.8 Å². The minimum Gasteiger partial charge on any atom is -0.493 e. The van der Waals surface area contributed by atoms with Crippen LogP contribution in [-0.4, -0.2) is 34.5 Å². The molecule has 2 aromatic rings. The first kappa shape index (κ1) is 22.6. The number of carbonyl (C=O) groups is 1. The van der Waals surface area contributed by atoms with Crippen molar-refractivity contribution in [3.8, 4) is 23.0 Å². The van der Waals surface area contributed by atoms with Gasteiger partial charge in [-0.15, -0.1) is 0 Å². The molecule has 7 heteroatoms. The Kier molecular flexibility index (Phi) is 7.15. The zero-order chi connectivity index (χ0) is 22.5. The number of fused-ring (bicyclic) bond motifs is 1. The predicted octanol–water partition coefficient (Wildman–Crippen LogP) is 4.40. The summed E-state index contributed by atoms with van der Waals surface area (Å²) in [6, 6.07) is 9.21. The number of nitrogens with one attached hydrogen (secondary N) is 2. The maximum Gasteiger partial charge on any atom is 0.315 e. The van der Waals surface area contributed by atoms with E-state index in [0.717, 1.165) is 24.0 Å². The average molecular weight is 429 g/mol. The van der Waals surface area contributed by atoms with Crippen LogP contribution >= 0.6 is 0 Å². The van der Waals surface area contributed by atoms with E-state index in [1.165, 1.54) is 5.56 Å². The molecule has 0 saturated heterocycles. The quantitative estimate of drug-likeness (QED) is 0.651. The zero-order valence-corrected chi connectivity index (χ0v) is 19.1. The third kappa shape index (κ3) is 4.81. The lowest BCUT2D eigenvalue weighted by Crippen LogP contribution is -2.41. The molecule has 31 heavy (non-hydrogen) atoms. The van der Waals surface area contributed by atoms with Gasteiger partial charge in [-0.3, -0.25) is 0 Å². The summed E-state index contributed by atoms with van der Waals surface area (Å²) in [5.41, 5.74) is 3.20. The molecule has 0 bridgehead atoms. The maximum atomic E-state index is 12.9. The molecule has 7 nitrogen and oxygen atoms in total. The molecule has 2 aromatic carbocycles. The standard InChI is InChI=1S/C24H32N2O5/c1-14(2)23(16-8-10-19(28-3)20(12-16)29-4)26-24(27)25-18-9-7-15-11-21(30-5)22(31-6)13-17(15)18/h8,10-14,18,23H,7,9H2,1-6H3,(H2,25,26,27). The van der Waals surface area contributed by atoms with E-state index in [0.29, 0.717) is 23.0 Å². The zero-order valence-electron chi connectivity index (χ0n) is 19.1. The molecule has 0 saturated carbocycles. The molecular weight excluding hydrogens is 396 g/mol. The molecule has 1 aliphatic carbocycles. The SMILES string of the molecule is COc1ccc(C(NC(=O)NC2CCc3cc(OC)c(OC)cc32)C(C)C)cc1OC. The fraction of sp³-hybridized carbons (Fsp3) is 0.458. The third-order valence-corrected chi connectivity index (χ3v) is 5.75. The normalized spacial score (nSPS) is 15.8. The number of hydrogen-bond acceptors (Lipinski definition) is 5. The van der Waals surface area contributed by atoms with Crippen LogP contribution in [0, 0.1) is 5.92 Å². The van der Waals surface area contributed by atoms with Crippen LogP contribution in [0.25, 0.3) is 0 Å². The van der Waals surface area contributed by atoms with Gasteiger partial charge in [0.05, 0.1) is 40.5 Å². The highest BCUT2D eigenvalue weighted by Gasteiger charge is 2.28. The first-order chi connectivity index (χ1) is 14.9. The number of aryl methyl sites for hydroxylation is 1. The second-order valence-corrected chi connectivity index (χ2v) is 7.95. The van der Waals surface area contributed by atoms with Crippen molar-refractivity contribution >= 4 is 6.03 Å². The van der Waals surface area contributed by atoms with E-state index in [-0.39, 0.29) is 24.0 Å². The summed E-state index contributed by atoms with van der Waals surface area (Å²) in [5.74, 6) is 2.85. The van der Waals surface area contributed by atoms with Crippen molar-refractivity contribution in [1.29, 1.82) is 0 Å². The molecule has 3 rings (SSSR count). The highest BCUT2D eigenvalue weighted by atomic mass is 16.5. The Hall–Kier alpha value is -3.09. The van der Waals surface area contributed by atoms with E-state index in [9.17, 15) is 4.79 Å². The molecule has 2 amide bonds. The van der Waals surface area contributed by atoms with Gasteiger partial charge in [-0.1, -0.05) is 19.9 Å². The van der Waals surface area contributed by atoms with E-state index < -0.39 is 0 Å². The lowest BCUT2D eigenvalue weighted by atomic mass is 9.95. The summed E-state index contributed by atoms with van der Waals surface area (Å²) in [6.07, 6.45) is 1.71. The molecule has 0 heterocycles. The Balaban J connectivity index is 1.76. The van der Waals surface area contributed by atoms with Gasteiger partial charge in [-0.05, 0) is 59.7 Å². The van der Waals surface area contributed by atoms with Crippen LogP contribution in [0.3, 0.4) is 0 Å². The van der Waals surface area contributed by atoms with Gasteiger partial charge in [0.25, 0.3) is 0 Å². The van der Waals surface area contributed by atoms with Gasteiger partial charge in [0.15, 0.2) is 23.0 Å². The largest absolute Gasteiger partial charge is 0.493 e. The maximum absolute atomic E-state index is 12.9. The van der Waals surface area contributed by atoms with Gasteiger partial charge in [0.1, 0.15) is 0 Å². The van der Waals surface area contributed by atoms with E-state index in [4.69, 9.17) is 18.9 Å². The third-order valence-electron chi connectivity index (χ3n) is 5.75. The molecule has 0 spiro atoms. The van der Waals surface area contributed by atoms with Gasteiger partial charge in [0.2, 0.25) is 0 Å². The smallest absolute Gasteiger partial charge is 0.315 e. The Morgan fingerprint density at radius 3 is 2.13 bits per heavy atom. The molecule has 0 radical (unpaired) electrons. The molecule has 2 unspecified atom stereocenters. The van der Waals surface area contributed by atoms with E-state index in [2.05, 4.69) is 24.5 Å². The van der Waals surface area contributed by atoms with Gasteiger partial charge in [0, 0.05) is 0 Å². The first-order valence-corrected chi connectivity index (χ1v) is 10.5. The lowest BCUT2D eigenvalue weighted by Gasteiger charge is -2.25. The number of benzene rings is 2. The van der Waals surface area contributed by atoms with Gasteiger partial charge in [-0.25, -0.2) is 4.79 Å².